The number of carbonyl (C=O) groups excluding carboxylic acids is 1. The molecular weight excluding hydrogens is 498 g/mol. The summed E-state index contributed by atoms with van der Waals surface area (Å²) < 4.78 is 59.1. The summed E-state index contributed by atoms with van der Waals surface area (Å²) in [7, 11) is -5.32. The zero-order valence-electron chi connectivity index (χ0n) is 19.1. The molecule has 3 aromatic rings. The van der Waals surface area contributed by atoms with Crippen LogP contribution in [-0.2, 0) is 31.6 Å². The number of sulfone groups is 1. The molecule has 0 aliphatic carbocycles. The van der Waals surface area contributed by atoms with Crippen molar-refractivity contribution < 1.29 is 26.4 Å². The standard InChI is InChI=1S/C22H25N3O6S3/c1-14-12-25(13-15(2)31-14)34(29,30)17-7-5-16(6-8-17)21(26)23-22-24(3)19-10-9-18(33(4,27)28)11-20(19)32-22/h5-11,14-15H,12-13H2,1-4H3/t14-,15-/m0/s1. The number of aryl methyl sites for hydroxylation is 1. The average molecular weight is 524 g/mol. The van der Waals surface area contributed by atoms with Gasteiger partial charge in [0.1, 0.15) is 0 Å². The van der Waals surface area contributed by atoms with Gasteiger partial charge in [0, 0.05) is 32.0 Å². The third kappa shape index (κ3) is 4.86. The second-order valence-electron chi connectivity index (χ2n) is 8.37. The maximum atomic E-state index is 13.0. The molecule has 0 N–H and O–H groups in total. The molecule has 1 saturated heterocycles. The van der Waals surface area contributed by atoms with Crippen LogP contribution < -0.4 is 4.80 Å². The number of thiazole rings is 1. The van der Waals surface area contributed by atoms with Gasteiger partial charge >= 0.3 is 0 Å². The van der Waals surface area contributed by atoms with Crippen molar-refractivity contribution in [1.29, 1.82) is 0 Å². The van der Waals surface area contributed by atoms with Crippen LogP contribution >= 0.6 is 11.3 Å². The van der Waals surface area contributed by atoms with Crippen LogP contribution in [0, 0.1) is 0 Å². The maximum absolute atomic E-state index is 13.0. The predicted molar refractivity (Wildman–Crippen MR) is 129 cm³/mol. The van der Waals surface area contributed by atoms with Crippen LogP contribution in [0.4, 0.5) is 0 Å². The molecule has 1 aliphatic heterocycles. The first kappa shape index (κ1) is 24.7. The van der Waals surface area contributed by atoms with Gasteiger partial charge < -0.3 is 9.30 Å². The van der Waals surface area contributed by atoms with E-state index >= 15 is 0 Å². The van der Waals surface area contributed by atoms with Gasteiger partial charge in [0.05, 0.1) is 32.2 Å². The molecule has 2 heterocycles. The number of fused-ring (bicyclic) bond motifs is 1. The Morgan fingerprint density at radius 3 is 2.18 bits per heavy atom. The Bertz CT molecular complexity index is 1530. The Morgan fingerprint density at radius 1 is 1.00 bits per heavy atom. The Balaban J connectivity index is 1.62. The van der Waals surface area contributed by atoms with Crippen LogP contribution in [-0.4, -0.2) is 63.2 Å². The molecule has 1 fully saturated rings. The molecule has 182 valence electrons. The fraction of sp³-hybridized carbons (Fsp3) is 0.364. The second kappa shape index (κ2) is 9.00. The smallest absolute Gasteiger partial charge is 0.279 e. The van der Waals surface area contributed by atoms with Crippen LogP contribution in [0.3, 0.4) is 0 Å². The number of sulfonamides is 1. The Hall–Kier alpha value is -2.38. The molecule has 2 atom stereocenters. The zero-order valence-corrected chi connectivity index (χ0v) is 21.6. The number of benzene rings is 2. The van der Waals surface area contributed by atoms with Crippen molar-refractivity contribution in [2.75, 3.05) is 19.3 Å². The highest BCUT2D eigenvalue weighted by Crippen LogP contribution is 2.23. The summed E-state index contributed by atoms with van der Waals surface area (Å²) in [6.45, 7) is 4.20. The lowest BCUT2D eigenvalue weighted by atomic mass is 10.2. The molecule has 9 nitrogen and oxygen atoms in total. The van der Waals surface area contributed by atoms with Crippen molar-refractivity contribution in [3.05, 3.63) is 52.8 Å². The minimum absolute atomic E-state index is 0.103. The van der Waals surface area contributed by atoms with E-state index in [0.717, 1.165) is 11.8 Å². The average Bonchev–Trinajstić information content (AvgIpc) is 3.07. The minimum Gasteiger partial charge on any atom is -0.373 e. The van der Waals surface area contributed by atoms with Crippen LogP contribution in [0.2, 0.25) is 0 Å². The summed E-state index contributed by atoms with van der Waals surface area (Å²) in [5, 5.41) is 0. The van der Waals surface area contributed by atoms with Gasteiger partial charge in [-0.1, -0.05) is 11.3 Å². The molecule has 1 amide bonds. The number of amides is 1. The number of morpholine rings is 1. The van der Waals surface area contributed by atoms with E-state index in [2.05, 4.69) is 4.99 Å². The van der Waals surface area contributed by atoms with Crippen LogP contribution in [0.25, 0.3) is 10.2 Å². The van der Waals surface area contributed by atoms with Crippen LogP contribution in [0.15, 0.2) is 57.2 Å². The SMILES string of the molecule is C[C@H]1CN(S(=O)(=O)c2ccc(C(=O)N=c3sc4cc(S(C)(=O)=O)ccc4n3C)cc2)C[C@H](C)O1. The lowest BCUT2D eigenvalue weighted by Gasteiger charge is -2.34. The maximum Gasteiger partial charge on any atom is 0.279 e. The molecule has 1 aromatic heterocycles. The monoisotopic (exact) mass is 523 g/mol. The number of hydrogen-bond acceptors (Lipinski definition) is 7. The van der Waals surface area contributed by atoms with Gasteiger partial charge in [-0.25, -0.2) is 16.8 Å². The van der Waals surface area contributed by atoms with E-state index in [9.17, 15) is 21.6 Å². The molecule has 0 bridgehead atoms. The molecule has 1 aliphatic rings. The lowest BCUT2D eigenvalue weighted by molar-refractivity contribution is -0.0440. The third-order valence-corrected chi connectivity index (χ3v) is 9.58. The first-order valence-electron chi connectivity index (χ1n) is 10.5. The Morgan fingerprint density at radius 2 is 1.59 bits per heavy atom. The molecule has 2 aromatic carbocycles. The van der Waals surface area contributed by atoms with Crippen molar-refractivity contribution in [1.82, 2.24) is 8.87 Å². The fourth-order valence-corrected chi connectivity index (χ4v) is 7.22. The Kier molecular flexibility index (Phi) is 6.55. The summed E-state index contributed by atoms with van der Waals surface area (Å²) in [6.07, 6.45) is 0.739. The molecule has 34 heavy (non-hydrogen) atoms. The van der Waals surface area contributed by atoms with E-state index in [-0.39, 0.29) is 40.7 Å². The van der Waals surface area contributed by atoms with Crippen molar-refractivity contribution in [3.8, 4) is 0 Å². The van der Waals surface area contributed by atoms with Gasteiger partial charge in [0.2, 0.25) is 10.0 Å². The van der Waals surface area contributed by atoms with E-state index in [4.69, 9.17) is 4.74 Å². The number of rotatable bonds is 4. The largest absolute Gasteiger partial charge is 0.373 e. The summed E-state index contributed by atoms with van der Waals surface area (Å²) in [4.78, 5) is 17.6. The lowest BCUT2D eigenvalue weighted by Crippen LogP contribution is -2.48. The van der Waals surface area contributed by atoms with Gasteiger partial charge in [-0.05, 0) is 56.3 Å². The molecule has 4 rings (SSSR count). The van der Waals surface area contributed by atoms with Gasteiger partial charge in [0.15, 0.2) is 14.6 Å². The minimum atomic E-state index is -3.71. The molecular formula is C22H25N3O6S3. The predicted octanol–water partition coefficient (Wildman–Crippen LogP) is 2.18. The third-order valence-electron chi connectivity index (χ3n) is 5.53. The van der Waals surface area contributed by atoms with E-state index in [1.165, 1.54) is 46.0 Å². The number of aromatic nitrogens is 1. The van der Waals surface area contributed by atoms with Crippen molar-refractivity contribution in [2.24, 2.45) is 12.0 Å². The highest BCUT2D eigenvalue weighted by molar-refractivity contribution is 7.90. The summed E-state index contributed by atoms with van der Waals surface area (Å²) >= 11 is 1.20. The fourth-order valence-electron chi connectivity index (χ4n) is 3.85. The van der Waals surface area contributed by atoms with Crippen molar-refractivity contribution in [3.63, 3.8) is 0 Å². The highest BCUT2D eigenvalue weighted by Gasteiger charge is 2.32. The zero-order chi connectivity index (χ0) is 24.8. The summed E-state index contributed by atoms with van der Waals surface area (Å²) in [6, 6.07) is 10.5. The number of ether oxygens (including phenoxy) is 1. The van der Waals surface area contributed by atoms with Crippen molar-refractivity contribution in [2.45, 2.75) is 35.8 Å². The van der Waals surface area contributed by atoms with Gasteiger partial charge in [-0.2, -0.15) is 9.30 Å². The summed E-state index contributed by atoms with van der Waals surface area (Å²) in [5.74, 6) is -0.525. The topological polar surface area (TPSA) is 115 Å². The molecule has 0 saturated carbocycles. The number of hydrogen-bond donors (Lipinski definition) is 0. The molecule has 0 radical (unpaired) electrons. The van der Waals surface area contributed by atoms with Gasteiger partial charge in [-0.15, -0.1) is 0 Å². The first-order valence-corrected chi connectivity index (χ1v) is 14.7. The summed E-state index contributed by atoms with van der Waals surface area (Å²) in [5.41, 5.74) is 0.997. The quantitative estimate of drug-likeness (QED) is 0.518. The van der Waals surface area contributed by atoms with E-state index in [0.29, 0.717) is 9.50 Å². The first-order chi connectivity index (χ1) is 15.9. The van der Waals surface area contributed by atoms with Crippen LogP contribution in [0.5, 0.6) is 0 Å². The normalized spacial score (nSPS) is 20.6. The second-order valence-corrected chi connectivity index (χ2v) is 13.3. The highest BCUT2D eigenvalue weighted by atomic mass is 32.2. The van der Waals surface area contributed by atoms with E-state index < -0.39 is 25.8 Å². The van der Waals surface area contributed by atoms with E-state index in [1.807, 2.05) is 13.8 Å². The molecule has 0 spiro atoms. The van der Waals surface area contributed by atoms with Gasteiger partial charge in [0.25, 0.3) is 5.91 Å². The van der Waals surface area contributed by atoms with Crippen molar-refractivity contribution >= 4 is 47.3 Å². The van der Waals surface area contributed by atoms with E-state index in [1.54, 1.807) is 23.7 Å². The Labute approximate surface area is 202 Å². The van der Waals surface area contributed by atoms with Gasteiger partial charge in [-0.3, -0.25) is 4.79 Å². The van der Waals surface area contributed by atoms with Crippen LogP contribution in [0.1, 0.15) is 24.2 Å². The number of nitrogens with zero attached hydrogens (tertiary/aromatic N) is 3. The number of carbonyl (C=O) groups is 1. The molecule has 12 heteroatoms. The molecule has 0 unspecified atom stereocenters.